The van der Waals surface area contributed by atoms with Gasteiger partial charge in [-0.05, 0) is 54.2 Å². The molecular formula is C23H28. The molecule has 0 heterocycles. The SMILES string of the molecule is C=C/C(C)=C(\C=C/C)C(=C)/C(C)=C(\C=C)C(C)c1ccccc1. The van der Waals surface area contributed by atoms with Crippen molar-refractivity contribution in [2.24, 2.45) is 0 Å². The molecule has 0 bridgehead atoms. The number of hydrogen-bond donors (Lipinski definition) is 0. The van der Waals surface area contributed by atoms with Crippen molar-refractivity contribution in [2.45, 2.75) is 33.6 Å². The van der Waals surface area contributed by atoms with Gasteiger partial charge in [0.05, 0.1) is 0 Å². The third-order valence-electron chi connectivity index (χ3n) is 4.26. The lowest BCUT2D eigenvalue weighted by atomic mass is 9.85. The summed E-state index contributed by atoms with van der Waals surface area (Å²) in [6.07, 6.45) is 7.96. The van der Waals surface area contributed by atoms with Crippen LogP contribution < -0.4 is 0 Å². The summed E-state index contributed by atoms with van der Waals surface area (Å²) in [5, 5.41) is 0. The van der Waals surface area contributed by atoms with Crippen LogP contribution in [0.25, 0.3) is 0 Å². The van der Waals surface area contributed by atoms with Crippen molar-refractivity contribution >= 4 is 0 Å². The second kappa shape index (κ2) is 8.95. The van der Waals surface area contributed by atoms with E-state index in [1.54, 1.807) is 0 Å². The third-order valence-corrected chi connectivity index (χ3v) is 4.26. The molecule has 0 aromatic heterocycles. The van der Waals surface area contributed by atoms with Gasteiger partial charge in [0.25, 0.3) is 0 Å². The first-order valence-electron chi connectivity index (χ1n) is 8.01. The molecule has 0 saturated heterocycles. The highest BCUT2D eigenvalue weighted by atomic mass is 14.2. The molecule has 0 spiro atoms. The van der Waals surface area contributed by atoms with Gasteiger partial charge in [-0.3, -0.25) is 0 Å². The van der Waals surface area contributed by atoms with Crippen molar-refractivity contribution < 1.29 is 0 Å². The van der Waals surface area contributed by atoms with E-state index in [2.05, 4.69) is 70.8 Å². The molecule has 0 fully saturated rings. The van der Waals surface area contributed by atoms with Gasteiger partial charge in [0, 0.05) is 5.92 Å². The van der Waals surface area contributed by atoms with E-state index in [1.807, 2.05) is 31.2 Å². The van der Waals surface area contributed by atoms with Crippen LogP contribution >= 0.6 is 0 Å². The van der Waals surface area contributed by atoms with Gasteiger partial charge in [-0.25, -0.2) is 0 Å². The number of benzene rings is 1. The molecule has 1 aromatic carbocycles. The molecular weight excluding hydrogens is 276 g/mol. The first-order valence-corrected chi connectivity index (χ1v) is 8.01. The minimum absolute atomic E-state index is 0.279. The van der Waals surface area contributed by atoms with Crippen LogP contribution in [0.1, 0.15) is 39.2 Å². The normalized spacial score (nSPS) is 14.8. The van der Waals surface area contributed by atoms with Gasteiger partial charge in [-0.2, -0.15) is 0 Å². The Labute approximate surface area is 141 Å². The molecule has 0 heteroatoms. The highest BCUT2D eigenvalue weighted by Gasteiger charge is 2.14. The standard InChI is InChI=1S/C23H28/c1-8-14-23(17(4)9-2)19(6)18(5)22(10-3)20(7)21-15-12-11-13-16-21/h8-16,20H,2-3,6H2,1,4-5,7H3/b14-8-,22-18+,23-17+. The van der Waals surface area contributed by atoms with Crippen LogP contribution in [0.3, 0.4) is 0 Å². The van der Waals surface area contributed by atoms with E-state index in [0.717, 1.165) is 16.7 Å². The molecule has 0 amide bonds. The third kappa shape index (κ3) is 4.56. The Morgan fingerprint density at radius 3 is 2.13 bits per heavy atom. The van der Waals surface area contributed by atoms with Crippen molar-refractivity contribution in [1.29, 1.82) is 0 Å². The first kappa shape index (κ1) is 18.7. The van der Waals surface area contributed by atoms with Gasteiger partial charge in [-0.15, -0.1) is 0 Å². The molecule has 0 N–H and O–H groups in total. The molecule has 0 aliphatic heterocycles. The van der Waals surface area contributed by atoms with Crippen molar-refractivity contribution in [2.75, 3.05) is 0 Å². The highest BCUT2D eigenvalue weighted by molar-refractivity contribution is 5.57. The fourth-order valence-electron chi connectivity index (χ4n) is 2.70. The zero-order chi connectivity index (χ0) is 17.4. The average molecular weight is 304 g/mol. The van der Waals surface area contributed by atoms with E-state index in [1.165, 1.54) is 16.7 Å². The molecule has 1 rings (SSSR count). The molecule has 0 aliphatic carbocycles. The van der Waals surface area contributed by atoms with Gasteiger partial charge in [-0.1, -0.05) is 81.3 Å². The highest BCUT2D eigenvalue weighted by Crippen LogP contribution is 2.32. The fourth-order valence-corrected chi connectivity index (χ4v) is 2.70. The largest absolute Gasteiger partial charge is 0.0988 e. The first-order chi connectivity index (χ1) is 11.0. The monoisotopic (exact) mass is 304 g/mol. The van der Waals surface area contributed by atoms with Crippen LogP contribution in [0.4, 0.5) is 0 Å². The number of rotatable bonds is 7. The van der Waals surface area contributed by atoms with Crippen molar-refractivity contribution in [3.63, 3.8) is 0 Å². The summed E-state index contributed by atoms with van der Waals surface area (Å²) >= 11 is 0. The molecule has 1 aromatic rings. The molecule has 0 aliphatic rings. The van der Waals surface area contributed by atoms with E-state index >= 15 is 0 Å². The molecule has 0 saturated carbocycles. The lowest BCUT2D eigenvalue weighted by molar-refractivity contribution is 0.907. The van der Waals surface area contributed by atoms with Gasteiger partial charge < -0.3 is 0 Å². The van der Waals surface area contributed by atoms with Crippen LogP contribution in [-0.2, 0) is 0 Å². The summed E-state index contributed by atoms with van der Waals surface area (Å²) in [4.78, 5) is 0. The van der Waals surface area contributed by atoms with Crippen LogP contribution in [-0.4, -0.2) is 0 Å². The zero-order valence-corrected chi connectivity index (χ0v) is 14.9. The van der Waals surface area contributed by atoms with Gasteiger partial charge in [0.15, 0.2) is 0 Å². The quantitative estimate of drug-likeness (QED) is 0.479. The van der Waals surface area contributed by atoms with Crippen molar-refractivity contribution in [3.8, 4) is 0 Å². The minimum atomic E-state index is 0.279. The summed E-state index contributed by atoms with van der Waals surface area (Å²) in [6, 6.07) is 10.5. The molecule has 0 radical (unpaired) electrons. The Balaban J connectivity index is 3.36. The minimum Gasteiger partial charge on any atom is -0.0988 e. The van der Waals surface area contributed by atoms with Crippen LogP contribution in [0.5, 0.6) is 0 Å². The second-order valence-electron chi connectivity index (χ2n) is 5.70. The molecule has 120 valence electrons. The van der Waals surface area contributed by atoms with E-state index in [4.69, 9.17) is 0 Å². The predicted octanol–water partition coefficient (Wildman–Crippen LogP) is 6.93. The summed E-state index contributed by atoms with van der Waals surface area (Å²) in [5.41, 5.74) is 6.94. The Hall–Kier alpha value is -2.34. The van der Waals surface area contributed by atoms with Crippen LogP contribution in [0, 0.1) is 0 Å². The maximum Gasteiger partial charge on any atom is 0.00636 e. The van der Waals surface area contributed by atoms with Gasteiger partial charge in [0.1, 0.15) is 0 Å². The zero-order valence-electron chi connectivity index (χ0n) is 14.9. The Morgan fingerprint density at radius 1 is 1.04 bits per heavy atom. The Kier molecular flexibility index (Phi) is 7.28. The fraction of sp³-hybridized carbons (Fsp3) is 0.217. The Bertz CT molecular complexity index is 663. The summed E-state index contributed by atoms with van der Waals surface area (Å²) in [5.74, 6) is 0.279. The second-order valence-corrected chi connectivity index (χ2v) is 5.70. The summed E-state index contributed by atoms with van der Waals surface area (Å²) in [7, 11) is 0. The molecule has 23 heavy (non-hydrogen) atoms. The van der Waals surface area contributed by atoms with Gasteiger partial charge >= 0.3 is 0 Å². The van der Waals surface area contributed by atoms with Crippen LogP contribution in [0.15, 0.2) is 102 Å². The number of hydrogen-bond acceptors (Lipinski definition) is 0. The topological polar surface area (TPSA) is 0 Å². The van der Waals surface area contributed by atoms with E-state index < -0.39 is 0 Å². The molecule has 0 nitrogen and oxygen atoms in total. The summed E-state index contributed by atoms with van der Waals surface area (Å²) < 4.78 is 0. The number of allylic oxidation sites excluding steroid dienone is 9. The maximum atomic E-state index is 4.32. The molecule has 1 unspecified atom stereocenters. The van der Waals surface area contributed by atoms with Gasteiger partial charge in [0.2, 0.25) is 0 Å². The van der Waals surface area contributed by atoms with E-state index in [-0.39, 0.29) is 5.92 Å². The molecule has 1 atom stereocenters. The predicted molar refractivity (Wildman–Crippen MR) is 105 cm³/mol. The van der Waals surface area contributed by atoms with Crippen LogP contribution in [0.2, 0.25) is 0 Å². The van der Waals surface area contributed by atoms with Crippen molar-refractivity contribution in [3.05, 3.63) is 108 Å². The lowest BCUT2D eigenvalue weighted by Crippen LogP contribution is -2.02. The summed E-state index contributed by atoms with van der Waals surface area (Å²) in [6.45, 7) is 20.7. The smallest absolute Gasteiger partial charge is 0.00636 e. The maximum absolute atomic E-state index is 4.32. The van der Waals surface area contributed by atoms with E-state index in [0.29, 0.717) is 0 Å². The Morgan fingerprint density at radius 2 is 1.65 bits per heavy atom. The lowest BCUT2D eigenvalue weighted by Gasteiger charge is -2.19. The average Bonchev–Trinajstić information content (AvgIpc) is 2.59. The van der Waals surface area contributed by atoms with Crippen molar-refractivity contribution in [1.82, 2.24) is 0 Å². The van der Waals surface area contributed by atoms with E-state index in [9.17, 15) is 0 Å².